The zero-order chi connectivity index (χ0) is 8.81. The van der Waals surface area contributed by atoms with Crippen molar-refractivity contribution in [2.24, 2.45) is 0 Å². The zero-order valence-corrected chi connectivity index (χ0v) is 10.4. The Kier molecular flexibility index (Phi) is 5.10. The Labute approximate surface area is 83.8 Å². The van der Waals surface area contributed by atoms with Gasteiger partial charge in [0.2, 0.25) is 0 Å². The molecule has 0 atom stereocenters. The Morgan fingerprint density at radius 3 is 3.00 bits per heavy atom. The van der Waals surface area contributed by atoms with Gasteiger partial charge in [-0.05, 0) is 0 Å². The predicted molar refractivity (Wildman–Crippen MR) is 48.6 cm³/mol. The fourth-order valence-corrected chi connectivity index (χ4v) is 4.54. The first kappa shape index (κ1) is 10.4. The van der Waals surface area contributed by atoms with Gasteiger partial charge in [-0.1, -0.05) is 0 Å². The van der Waals surface area contributed by atoms with Crippen LogP contribution in [0.1, 0.15) is 26.2 Å². The first-order valence-electron chi connectivity index (χ1n) is 4.67. The van der Waals surface area contributed by atoms with Crippen LogP contribution in [0, 0.1) is 0 Å². The van der Waals surface area contributed by atoms with E-state index in [9.17, 15) is 0 Å². The molecule has 0 aromatic carbocycles. The van der Waals surface area contributed by atoms with E-state index < -0.39 is 22.2 Å². The van der Waals surface area contributed by atoms with E-state index >= 15 is 0 Å². The van der Waals surface area contributed by atoms with Crippen molar-refractivity contribution in [2.75, 3.05) is 6.61 Å². The predicted octanol–water partition coefficient (Wildman–Crippen LogP) is 3.23. The van der Waals surface area contributed by atoms with Crippen LogP contribution >= 0.6 is 0 Å². The topological polar surface area (TPSA) is 9.23 Å². The Balaban J connectivity index is 2.15. The van der Waals surface area contributed by atoms with E-state index in [-0.39, 0.29) is 0 Å². The van der Waals surface area contributed by atoms with E-state index in [4.69, 9.17) is 2.81 Å². The summed E-state index contributed by atoms with van der Waals surface area (Å²) in [5.41, 5.74) is 0. The van der Waals surface area contributed by atoms with Crippen LogP contribution in [0.25, 0.3) is 0 Å². The van der Waals surface area contributed by atoms with Gasteiger partial charge in [-0.15, -0.1) is 0 Å². The second-order valence-corrected chi connectivity index (χ2v) is 8.10. The summed E-state index contributed by atoms with van der Waals surface area (Å²) in [7, 11) is 0. The van der Waals surface area contributed by atoms with Gasteiger partial charge in [0.15, 0.2) is 0 Å². The standard InChI is InChI=1S/C5H5.C4H9O.CH3.Zr/c1-2-4-5-3-1;1-2-3-4-5;;/h1-3H,4H2;2-4H2,1H3;1H3;/q;-1;;+1. The molecule has 1 rings (SSSR count). The van der Waals surface area contributed by atoms with Gasteiger partial charge in [0.1, 0.15) is 0 Å². The molecular formula is C10H17OZr. The van der Waals surface area contributed by atoms with Crippen molar-refractivity contribution in [3.8, 4) is 0 Å². The fourth-order valence-electron chi connectivity index (χ4n) is 1.17. The third-order valence-electron chi connectivity index (χ3n) is 2.04. The molecule has 0 spiro atoms. The number of allylic oxidation sites excluding steroid dienone is 4. The molecule has 0 unspecified atom stereocenters. The minimum absolute atomic E-state index is 0.985. The zero-order valence-electron chi connectivity index (χ0n) is 7.97. The van der Waals surface area contributed by atoms with Crippen molar-refractivity contribution in [2.45, 2.75) is 30.8 Å². The van der Waals surface area contributed by atoms with Crippen LogP contribution in [0.4, 0.5) is 0 Å². The molecule has 67 valence electrons. The van der Waals surface area contributed by atoms with Crippen molar-refractivity contribution < 1.29 is 25.0 Å². The molecule has 0 radical (unpaired) electrons. The minimum atomic E-state index is -1.53. The molecule has 12 heavy (non-hydrogen) atoms. The van der Waals surface area contributed by atoms with E-state index in [1.54, 1.807) is 3.28 Å². The molecule has 1 aliphatic carbocycles. The number of rotatable bonds is 5. The average molecular weight is 244 g/mol. The monoisotopic (exact) mass is 243 g/mol. The van der Waals surface area contributed by atoms with E-state index in [1.165, 1.54) is 12.8 Å². The molecule has 0 fully saturated rings. The number of unbranched alkanes of at least 4 members (excludes halogenated alkanes) is 1. The van der Waals surface area contributed by atoms with Gasteiger partial charge in [-0.25, -0.2) is 0 Å². The summed E-state index contributed by atoms with van der Waals surface area (Å²) in [6.07, 6.45) is 10.3. The second kappa shape index (κ2) is 5.88. The summed E-state index contributed by atoms with van der Waals surface area (Å²) >= 11 is -1.53. The summed E-state index contributed by atoms with van der Waals surface area (Å²) < 4.78 is 9.79. The Hall–Kier alpha value is 0.323. The molecule has 0 heterocycles. The summed E-state index contributed by atoms with van der Waals surface area (Å²) in [5, 5.41) is 0. The third-order valence-corrected chi connectivity index (χ3v) is 6.74. The van der Waals surface area contributed by atoms with Crippen molar-refractivity contribution >= 4 is 0 Å². The first-order chi connectivity index (χ1) is 5.84. The molecule has 0 bridgehead atoms. The number of hydrogen-bond acceptors (Lipinski definition) is 1. The van der Waals surface area contributed by atoms with Gasteiger partial charge in [0.25, 0.3) is 0 Å². The maximum atomic E-state index is 5.85. The summed E-state index contributed by atoms with van der Waals surface area (Å²) in [4.78, 5) is 0. The van der Waals surface area contributed by atoms with Crippen LogP contribution in [0.2, 0.25) is 4.63 Å². The summed E-state index contributed by atoms with van der Waals surface area (Å²) in [6, 6.07) is 0. The van der Waals surface area contributed by atoms with Crippen LogP contribution in [0.3, 0.4) is 0 Å². The molecule has 1 nitrogen and oxygen atoms in total. The van der Waals surface area contributed by atoms with Crippen LogP contribution in [0.5, 0.6) is 0 Å². The Bertz CT molecular complexity index is 184. The van der Waals surface area contributed by atoms with Crippen LogP contribution in [0.15, 0.2) is 21.5 Å². The molecule has 0 saturated heterocycles. The van der Waals surface area contributed by atoms with Crippen molar-refractivity contribution in [1.29, 1.82) is 0 Å². The van der Waals surface area contributed by atoms with Gasteiger partial charge in [-0.3, -0.25) is 0 Å². The van der Waals surface area contributed by atoms with Gasteiger partial charge in [-0.2, -0.15) is 0 Å². The molecule has 1 aliphatic rings. The Morgan fingerprint density at radius 1 is 1.58 bits per heavy atom. The SMILES string of the molecule is CCCC[O][Zr]([CH3])[C]1=CC=CC1. The van der Waals surface area contributed by atoms with E-state index in [0.717, 1.165) is 13.0 Å². The van der Waals surface area contributed by atoms with E-state index in [1.807, 2.05) is 0 Å². The molecule has 0 aromatic rings. The van der Waals surface area contributed by atoms with Gasteiger partial charge in [0.05, 0.1) is 0 Å². The van der Waals surface area contributed by atoms with Crippen LogP contribution < -0.4 is 0 Å². The molecule has 0 amide bonds. The normalized spacial score (nSPS) is 15.0. The van der Waals surface area contributed by atoms with Gasteiger partial charge >= 0.3 is 83.9 Å². The molecule has 0 saturated carbocycles. The second-order valence-electron chi connectivity index (χ2n) is 3.08. The Morgan fingerprint density at radius 2 is 2.42 bits per heavy atom. The molecule has 0 aliphatic heterocycles. The van der Waals surface area contributed by atoms with Gasteiger partial charge < -0.3 is 0 Å². The van der Waals surface area contributed by atoms with E-state index in [0.29, 0.717) is 0 Å². The average Bonchev–Trinajstić information content (AvgIpc) is 2.56. The molecule has 2 heteroatoms. The van der Waals surface area contributed by atoms with Crippen LogP contribution in [-0.2, 0) is 25.0 Å². The summed E-state index contributed by atoms with van der Waals surface area (Å²) in [5.74, 6) is 0. The maximum absolute atomic E-state index is 5.85. The van der Waals surface area contributed by atoms with Crippen molar-refractivity contribution in [1.82, 2.24) is 0 Å². The molecule has 0 aromatic heterocycles. The van der Waals surface area contributed by atoms with Crippen molar-refractivity contribution in [3.05, 3.63) is 21.5 Å². The summed E-state index contributed by atoms with van der Waals surface area (Å²) in [6.45, 7) is 3.19. The molecule has 0 N–H and O–H groups in total. The quantitative estimate of drug-likeness (QED) is 0.675. The number of hydrogen-bond donors (Lipinski definition) is 0. The van der Waals surface area contributed by atoms with Crippen LogP contribution in [-0.4, -0.2) is 6.61 Å². The fraction of sp³-hybridized carbons (Fsp3) is 0.600. The first-order valence-corrected chi connectivity index (χ1v) is 9.36. The van der Waals surface area contributed by atoms with E-state index in [2.05, 4.69) is 29.8 Å². The molecular weight excluding hydrogens is 227 g/mol. The third kappa shape index (κ3) is 3.37. The van der Waals surface area contributed by atoms with Gasteiger partial charge in [0, 0.05) is 0 Å². The van der Waals surface area contributed by atoms with Crippen molar-refractivity contribution in [3.63, 3.8) is 0 Å².